The first kappa shape index (κ1) is 66.1. The summed E-state index contributed by atoms with van der Waals surface area (Å²) in [6, 6.07) is 9.56. The first-order valence-electron chi connectivity index (χ1n) is 28.2. The highest BCUT2D eigenvalue weighted by Crippen LogP contribution is 2.41. The molecule has 7 N–H and O–H groups in total. The lowest BCUT2D eigenvalue weighted by Crippen LogP contribution is -2.41. The molecule has 1 unspecified atom stereocenters. The van der Waals surface area contributed by atoms with Gasteiger partial charge in [0, 0.05) is 66.0 Å². The number of alkyl carbamates (subject to hydrolysis) is 1. The molecule has 0 radical (unpaired) electrons. The van der Waals surface area contributed by atoms with E-state index in [4.69, 9.17) is 49.1 Å². The van der Waals surface area contributed by atoms with E-state index in [9.17, 15) is 38.4 Å². The standard InChI is InChI=1S/C59H64N14O11S6/c1-28(2)43-57-73-46(38(90-57)23-82-9)50(79)62-22-42(77)70-47(48(83-30(4)74)31-15-11-10-12-16-31)56-67-37(26-87-56)54-65-35(24-86-54)45-32(18-19-33(63-45)53-69-39(27-88-53)68-40(75)17-13-14-20-61-58(81)84-59(5,6)7)52-66-36(25-85-52)49(78)64-34(21-41(76)60-8)55-72-44(29(3)89-55)51(80)71-43/h10-12,15-16,18-19,24-28,34,43,47-48H,13-14,17,20-23H2,1-9H3,(H,60,76)(H,61,81)(H,62,79)(H,64,78)(H,68,75)(H,70,77)(H,71,80)/t34-,43+,47?,48-/m0/s1. The fourth-order valence-electron chi connectivity index (χ4n) is 9.06. The molecular formula is C59H64N14O11S6. The molecule has 0 aliphatic carbocycles. The van der Waals surface area contributed by atoms with E-state index < -0.39 is 78.0 Å². The molecule has 8 aromatic rings. The van der Waals surface area contributed by atoms with Crippen LogP contribution in [0.3, 0.4) is 0 Å². The van der Waals surface area contributed by atoms with Crippen LogP contribution < -0.4 is 37.2 Å². The second-order valence-electron chi connectivity index (χ2n) is 21.7. The van der Waals surface area contributed by atoms with Gasteiger partial charge in [-0.15, -0.1) is 68.0 Å². The van der Waals surface area contributed by atoms with Crippen LogP contribution >= 0.6 is 68.0 Å². The lowest BCUT2D eigenvalue weighted by atomic mass is 10.0. The molecule has 90 heavy (non-hydrogen) atoms. The number of ether oxygens (including phenoxy) is 3. The van der Waals surface area contributed by atoms with Gasteiger partial charge in [-0.2, -0.15) is 0 Å². The van der Waals surface area contributed by atoms with Crippen LogP contribution in [0.4, 0.5) is 10.6 Å². The first-order valence-corrected chi connectivity index (χ1v) is 33.4. The summed E-state index contributed by atoms with van der Waals surface area (Å²) in [5.41, 5.74) is 2.05. The minimum atomic E-state index is -1.09. The van der Waals surface area contributed by atoms with Gasteiger partial charge in [0.1, 0.15) is 81.7 Å². The van der Waals surface area contributed by atoms with E-state index in [-0.39, 0.29) is 53.4 Å². The fraction of sp³-hybridized carbons (Fsp3) is 0.373. The Morgan fingerprint density at radius 3 is 2.13 bits per heavy atom. The molecule has 31 heteroatoms. The van der Waals surface area contributed by atoms with Gasteiger partial charge in [-0.25, -0.2) is 39.7 Å². The van der Waals surface area contributed by atoms with Crippen molar-refractivity contribution < 1.29 is 52.6 Å². The zero-order chi connectivity index (χ0) is 64.4. The van der Waals surface area contributed by atoms with Gasteiger partial charge in [0.05, 0.1) is 42.2 Å². The van der Waals surface area contributed by atoms with E-state index in [2.05, 4.69) is 37.2 Å². The number of pyridine rings is 1. The highest BCUT2D eigenvalue weighted by atomic mass is 32.1. The Balaban J connectivity index is 1.09. The van der Waals surface area contributed by atoms with Crippen LogP contribution in [-0.2, 0) is 40.0 Å². The zero-order valence-corrected chi connectivity index (χ0v) is 55.2. The summed E-state index contributed by atoms with van der Waals surface area (Å²) >= 11 is 7.16. The summed E-state index contributed by atoms with van der Waals surface area (Å²) in [4.78, 5) is 143. The van der Waals surface area contributed by atoms with Gasteiger partial charge in [-0.1, -0.05) is 44.2 Å². The number of nitrogens with zero attached hydrogens (tertiary/aromatic N) is 7. The number of carbonyl (C=O) groups excluding carboxylic acids is 8. The topological polar surface area (TPSA) is 339 Å². The number of aromatic nitrogens is 7. The van der Waals surface area contributed by atoms with Crippen LogP contribution in [0, 0.1) is 12.8 Å². The van der Waals surface area contributed by atoms with E-state index in [0.717, 1.165) is 22.7 Å². The zero-order valence-electron chi connectivity index (χ0n) is 50.3. The Morgan fingerprint density at radius 2 is 1.40 bits per heavy atom. The molecule has 0 saturated carbocycles. The van der Waals surface area contributed by atoms with Crippen molar-refractivity contribution in [3.8, 4) is 43.4 Å². The highest BCUT2D eigenvalue weighted by molar-refractivity contribution is 7.15. The maximum absolute atomic E-state index is 14.4. The number of nitrogens with one attached hydrogen (secondary N) is 7. The van der Waals surface area contributed by atoms with Crippen LogP contribution in [0.25, 0.3) is 43.4 Å². The molecule has 9 rings (SSSR count). The van der Waals surface area contributed by atoms with Crippen LogP contribution in [0.2, 0.25) is 0 Å². The Morgan fingerprint density at radius 1 is 0.689 bits per heavy atom. The second kappa shape index (κ2) is 29.5. The van der Waals surface area contributed by atoms with Gasteiger partial charge < -0.3 is 51.4 Å². The van der Waals surface area contributed by atoms with Crippen LogP contribution in [0.15, 0.2) is 64.0 Å². The number of thiazole rings is 6. The lowest BCUT2D eigenvalue weighted by Gasteiger charge is -2.26. The van der Waals surface area contributed by atoms with Gasteiger partial charge in [0.2, 0.25) is 17.7 Å². The number of hydrogen-bond donors (Lipinski definition) is 7. The van der Waals surface area contributed by atoms with Crippen molar-refractivity contribution in [2.45, 2.75) is 111 Å². The van der Waals surface area contributed by atoms with Crippen molar-refractivity contribution in [2.24, 2.45) is 5.92 Å². The smallest absolute Gasteiger partial charge is 0.407 e. The molecule has 1 aromatic carbocycles. The minimum Gasteiger partial charge on any atom is -0.455 e. The summed E-state index contributed by atoms with van der Waals surface area (Å²) in [7, 11) is 2.93. The van der Waals surface area contributed by atoms with E-state index in [0.29, 0.717) is 93.9 Å². The quantitative estimate of drug-likeness (QED) is 0.0371. The monoisotopic (exact) mass is 1340 g/mol. The van der Waals surface area contributed by atoms with Crippen molar-refractivity contribution in [1.82, 2.24) is 66.8 Å². The summed E-state index contributed by atoms with van der Waals surface area (Å²) in [5, 5.41) is 28.9. The molecule has 8 heterocycles. The highest BCUT2D eigenvalue weighted by Gasteiger charge is 2.35. The molecular weight excluding hydrogens is 1270 g/mol. The molecule has 1 aliphatic rings. The normalized spacial score (nSPS) is 16.0. The molecule has 25 nitrogen and oxygen atoms in total. The molecule has 472 valence electrons. The van der Waals surface area contributed by atoms with E-state index in [1.807, 2.05) is 13.8 Å². The third kappa shape index (κ3) is 16.7. The Kier molecular flexibility index (Phi) is 21.7. The van der Waals surface area contributed by atoms with E-state index in [1.54, 1.807) is 91.7 Å². The average molecular weight is 1340 g/mol. The summed E-state index contributed by atoms with van der Waals surface area (Å²) in [5.74, 6) is -3.78. The van der Waals surface area contributed by atoms with Gasteiger partial charge in [0.25, 0.3) is 17.7 Å². The maximum Gasteiger partial charge on any atom is 0.407 e. The van der Waals surface area contributed by atoms with E-state index >= 15 is 0 Å². The molecule has 7 aromatic heterocycles. The van der Waals surface area contributed by atoms with Crippen molar-refractivity contribution in [1.29, 1.82) is 0 Å². The van der Waals surface area contributed by atoms with Crippen LogP contribution in [0.5, 0.6) is 0 Å². The third-order valence-corrected chi connectivity index (χ3v) is 19.0. The largest absolute Gasteiger partial charge is 0.455 e. The Hall–Kier alpha value is -8.33. The van der Waals surface area contributed by atoms with Gasteiger partial charge in [-0.05, 0) is 64.2 Å². The van der Waals surface area contributed by atoms with Crippen molar-refractivity contribution in [2.75, 3.05) is 32.6 Å². The number of anilines is 1. The predicted molar refractivity (Wildman–Crippen MR) is 343 cm³/mol. The van der Waals surface area contributed by atoms with Crippen LogP contribution in [-0.4, -0.2) is 115 Å². The lowest BCUT2D eigenvalue weighted by molar-refractivity contribution is -0.149. The fourth-order valence-corrected chi connectivity index (χ4v) is 14.6. The van der Waals surface area contributed by atoms with Crippen LogP contribution in [0.1, 0.15) is 153 Å². The third-order valence-electron chi connectivity index (χ3n) is 13.3. The molecule has 0 spiro atoms. The Bertz CT molecular complexity index is 3940. The van der Waals surface area contributed by atoms with Crippen molar-refractivity contribution in [3.05, 3.63) is 111 Å². The number of amides is 7. The number of fused-ring (bicyclic) bond motifs is 14. The first-order chi connectivity index (χ1) is 43.0. The number of esters is 1. The minimum absolute atomic E-state index is 0.0148. The molecule has 4 atom stereocenters. The maximum atomic E-state index is 14.4. The SMILES string of the molecule is CNC(=O)C[C@@H]1NC(=O)c2csc(n2)-c2ccc(-c3nc(NC(=O)CCCCNC(=O)OC(C)(C)C)cs3)nc2-c2csc(n2)-c2csc(n2)C([C@@H](OC(C)=O)c2ccccc2)NC(=O)CNC(=O)c2nc(sc2COC)[C@@H](C(C)C)NC(=O)c2nc1sc2C. The average Bonchev–Trinajstić information content (AvgIpc) is 1.61. The summed E-state index contributed by atoms with van der Waals surface area (Å²) < 4.78 is 16.7. The number of hydrogen-bond acceptors (Lipinski definition) is 24. The molecule has 1 aliphatic heterocycles. The molecule has 0 fully saturated rings. The predicted octanol–water partition coefficient (Wildman–Crippen LogP) is 9.52. The summed E-state index contributed by atoms with van der Waals surface area (Å²) in [6.45, 7) is 11.8. The van der Waals surface area contributed by atoms with Gasteiger partial charge in [0.15, 0.2) is 6.10 Å². The molecule has 7 amide bonds. The number of methoxy groups -OCH3 is 1. The molecule has 10 bridgehead atoms. The Labute approximate surface area is 541 Å². The molecule has 0 saturated heterocycles. The second-order valence-corrected chi connectivity index (χ2v) is 27.5. The number of rotatable bonds is 15. The number of carbonyl (C=O) groups is 8. The summed E-state index contributed by atoms with van der Waals surface area (Å²) in [6.07, 6.45) is -0.617. The van der Waals surface area contributed by atoms with Crippen molar-refractivity contribution in [3.63, 3.8) is 0 Å². The number of aryl methyl sites for hydroxylation is 1. The number of unbranched alkanes of at least 4 members (excludes halogenated alkanes) is 1. The van der Waals surface area contributed by atoms with Gasteiger partial charge in [-0.3, -0.25) is 33.6 Å². The van der Waals surface area contributed by atoms with Gasteiger partial charge >= 0.3 is 12.1 Å². The van der Waals surface area contributed by atoms with E-state index in [1.165, 1.54) is 66.4 Å². The number of benzene rings is 1. The van der Waals surface area contributed by atoms with Crippen molar-refractivity contribution >= 4 is 121 Å².